The summed E-state index contributed by atoms with van der Waals surface area (Å²) in [6.45, 7) is 1.52. The Balaban J connectivity index is 2.06. The number of nitrogens with zero attached hydrogens (tertiary/aromatic N) is 1. The lowest BCUT2D eigenvalue weighted by molar-refractivity contribution is 0.0252. The average molecular weight is 282 g/mol. The van der Waals surface area contributed by atoms with Crippen molar-refractivity contribution in [3.8, 4) is 11.8 Å². The van der Waals surface area contributed by atoms with Crippen molar-refractivity contribution in [3.05, 3.63) is 28.2 Å². The van der Waals surface area contributed by atoms with Crippen LogP contribution in [0, 0.1) is 11.3 Å². The molecule has 1 fully saturated rings. The first-order valence-electron chi connectivity index (χ1n) is 5.23. The fraction of sp³-hybridized carbons (Fsp3) is 0.417. The third-order valence-electron chi connectivity index (χ3n) is 2.52. The second-order valence-corrected chi connectivity index (χ2v) is 4.54. The van der Waals surface area contributed by atoms with Crippen molar-refractivity contribution >= 4 is 15.9 Å². The van der Waals surface area contributed by atoms with Gasteiger partial charge in [-0.05, 0) is 34.1 Å². The predicted octanol–water partition coefficient (Wildman–Crippen LogP) is 2.88. The van der Waals surface area contributed by atoms with E-state index >= 15 is 0 Å². The maximum atomic E-state index is 8.75. The van der Waals surface area contributed by atoms with Gasteiger partial charge in [0.25, 0.3) is 0 Å². The summed E-state index contributed by atoms with van der Waals surface area (Å²) in [7, 11) is 0. The first-order valence-corrected chi connectivity index (χ1v) is 6.03. The van der Waals surface area contributed by atoms with Gasteiger partial charge in [-0.3, -0.25) is 0 Å². The molecule has 0 amide bonds. The van der Waals surface area contributed by atoms with Crippen LogP contribution in [0.5, 0.6) is 5.75 Å². The Morgan fingerprint density at radius 3 is 2.75 bits per heavy atom. The Morgan fingerprint density at radius 1 is 1.38 bits per heavy atom. The maximum absolute atomic E-state index is 8.75. The number of hydrogen-bond acceptors (Lipinski definition) is 3. The van der Waals surface area contributed by atoms with Crippen molar-refractivity contribution < 1.29 is 9.47 Å². The van der Waals surface area contributed by atoms with E-state index in [-0.39, 0.29) is 6.10 Å². The lowest BCUT2D eigenvalue weighted by atomic mass is 10.1. The molecular formula is C12H12BrNO2. The van der Waals surface area contributed by atoms with E-state index in [0.29, 0.717) is 5.56 Å². The Labute approximate surface area is 103 Å². The molecule has 0 spiro atoms. The predicted molar refractivity (Wildman–Crippen MR) is 63.3 cm³/mol. The summed E-state index contributed by atoms with van der Waals surface area (Å²) >= 11 is 3.41. The van der Waals surface area contributed by atoms with Crippen molar-refractivity contribution in [3.63, 3.8) is 0 Å². The van der Waals surface area contributed by atoms with Gasteiger partial charge >= 0.3 is 0 Å². The third-order valence-corrected chi connectivity index (χ3v) is 3.14. The summed E-state index contributed by atoms with van der Waals surface area (Å²) in [5.74, 6) is 0.797. The van der Waals surface area contributed by atoms with E-state index in [1.165, 1.54) is 0 Å². The van der Waals surface area contributed by atoms with Crippen LogP contribution in [0.15, 0.2) is 22.7 Å². The summed E-state index contributed by atoms with van der Waals surface area (Å²) in [4.78, 5) is 0. The van der Waals surface area contributed by atoms with Gasteiger partial charge in [0, 0.05) is 12.8 Å². The molecule has 3 nitrogen and oxygen atoms in total. The monoisotopic (exact) mass is 281 g/mol. The van der Waals surface area contributed by atoms with Crippen LogP contribution in [0.3, 0.4) is 0 Å². The Bertz CT molecular complexity index is 408. The first-order chi connectivity index (χ1) is 7.79. The van der Waals surface area contributed by atoms with Gasteiger partial charge in [0.2, 0.25) is 0 Å². The molecule has 1 aliphatic heterocycles. The van der Waals surface area contributed by atoms with E-state index in [2.05, 4.69) is 22.0 Å². The molecule has 84 valence electrons. The van der Waals surface area contributed by atoms with E-state index < -0.39 is 0 Å². The summed E-state index contributed by atoms with van der Waals surface area (Å²) in [5, 5.41) is 8.75. The smallest absolute Gasteiger partial charge is 0.133 e. The molecule has 0 N–H and O–H groups in total. The lowest BCUT2D eigenvalue weighted by Crippen LogP contribution is -2.25. The van der Waals surface area contributed by atoms with Crippen molar-refractivity contribution in [2.75, 3.05) is 13.2 Å². The Morgan fingerprint density at radius 2 is 2.12 bits per heavy atom. The quantitative estimate of drug-likeness (QED) is 0.837. The van der Waals surface area contributed by atoms with Crippen molar-refractivity contribution in [2.24, 2.45) is 0 Å². The van der Waals surface area contributed by atoms with Crippen molar-refractivity contribution in [1.82, 2.24) is 0 Å². The molecular weight excluding hydrogens is 270 g/mol. The van der Waals surface area contributed by atoms with Gasteiger partial charge in [-0.1, -0.05) is 0 Å². The highest BCUT2D eigenvalue weighted by Gasteiger charge is 2.16. The zero-order chi connectivity index (χ0) is 11.4. The zero-order valence-electron chi connectivity index (χ0n) is 8.78. The molecule has 1 aliphatic rings. The molecule has 0 saturated carbocycles. The second-order valence-electron chi connectivity index (χ2n) is 3.69. The van der Waals surface area contributed by atoms with Crippen LogP contribution >= 0.6 is 15.9 Å². The number of rotatable bonds is 2. The van der Waals surface area contributed by atoms with Gasteiger partial charge in [0.05, 0.1) is 29.3 Å². The Hall–Kier alpha value is -1.05. The molecule has 0 radical (unpaired) electrons. The molecule has 4 heteroatoms. The van der Waals surface area contributed by atoms with E-state index in [1.54, 1.807) is 12.1 Å². The standard InChI is InChI=1S/C12H12BrNO2/c13-11-7-9(8-14)1-2-12(11)16-10-3-5-15-6-4-10/h1-2,7,10H,3-6H2. The van der Waals surface area contributed by atoms with Crippen LogP contribution in [-0.2, 0) is 4.74 Å². The number of nitriles is 1. The van der Waals surface area contributed by atoms with Gasteiger partial charge in [0.1, 0.15) is 11.9 Å². The van der Waals surface area contributed by atoms with Crippen LogP contribution < -0.4 is 4.74 Å². The normalized spacial score (nSPS) is 16.8. The van der Waals surface area contributed by atoms with Crippen molar-refractivity contribution in [2.45, 2.75) is 18.9 Å². The van der Waals surface area contributed by atoms with E-state index in [0.717, 1.165) is 36.3 Å². The molecule has 16 heavy (non-hydrogen) atoms. The molecule has 1 aromatic rings. The summed E-state index contributed by atoms with van der Waals surface area (Å²) in [5.41, 5.74) is 0.631. The van der Waals surface area contributed by atoms with E-state index in [9.17, 15) is 0 Å². The molecule has 1 aromatic carbocycles. The number of hydrogen-bond donors (Lipinski definition) is 0. The van der Waals surface area contributed by atoms with Crippen LogP contribution in [-0.4, -0.2) is 19.3 Å². The fourth-order valence-electron chi connectivity index (χ4n) is 1.64. The Kier molecular flexibility index (Phi) is 3.81. The first kappa shape index (κ1) is 11.4. The van der Waals surface area contributed by atoms with Gasteiger partial charge < -0.3 is 9.47 Å². The lowest BCUT2D eigenvalue weighted by Gasteiger charge is -2.23. The van der Waals surface area contributed by atoms with Gasteiger partial charge in [-0.2, -0.15) is 5.26 Å². The minimum atomic E-state index is 0.220. The SMILES string of the molecule is N#Cc1ccc(OC2CCOCC2)c(Br)c1. The minimum Gasteiger partial charge on any atom is -0.489 e. The molecule has 0 aliphatic carbocycles. The molecule has 0 bridgehead atoms. The highest BCUT2D eigenvalue weighted by Crippen LogP contribution is 2.28. The number of ether oxygens (including phenoxy) is 2. The molecule has 0 aromatic heterocycles. The van der Waals surface area contributed by atoms with E-state index in [1.807, 2.05) is 6.07 Å². The fourth-order valence-corrected chi connectivity index (χ4v) is 2.11. The van der Waals surface area contributed by atoms with Crippen LogP contribution in [0.25, 0.3) is 0 Å². The summed E-state index contributed by atoms with van der Waals surface area (Å²) in [6.07, 6.45) is 2.07. The van der Waals surface area contributed by atoms with Crippen LogP contribution in [0.4, 0.5) is 0 Å². The summed E-state index contributed by atoms with van der Waals surface area (Å²) in [6, 6.07) is 7.46. The third kappa shape index (κ3) is 2.75. The minimum absolute atomic E-state index is 0.220. The molecule has 1 heterocycles. The van der Waals surface area contributed by atoms with Gasteiger partial charge in [0.15, 0.2) is 0 Å². The van der Waals surface area contributed by atoms with E-state index in [4.69, 9.17) is 14.7 Å². The average Bonchev–Trinajstić information content (AvgIpc) is 2.33. The topological polar surface area (TPSA) is 42.2 Å². The molecule has 0 atom stereocenters. The highest BCUT2D eigenvalue weighted by molar-refractivity contribution is 9.10. The molecule has 1 saturated heterocycles. The second kappa shape index (κ2) is 5.33. The van der Waals surface area contributed by atoms with Gasteiger partial charge in [-0.15, -0.1) is 0 Å². The van der Waals surface area contributed by atoms with Crippen LogP contribution in [0.2, 0.25) is 0 Å². The van der Waals surface area contributed by atoms with Crippen molar-refractivity contribution in [1.29, 1.82) is 5.26 Å². The molecule has 0 unspecified atom stereocenters. The maximum Gasteiger partial charge on any atom is 0.133 e. The summed E-state index contributed by atoms with van der Waals surface area (Å²) < 4.78 is 12.0. The number of halogens is 1. The highest BCUT2D eigenvalue weighted by atomic mass is 79.9. The molecule has 2 rings (SSSR count). The number of benzene rings is 1. The van der Waals surface area contributed by atoms with Crippen LogP contribution in [0.1, 0.15) is 18.4 Å². The largest absolute Gasteiger partial charge is 0.489 e. The zero-order valence-corrected chi connectivity index (χ0v) is 10.4. The van der Waals surface area contributed by atoms with Gasteiger partial charge in [-0.25, -0.2) is 0 Å².